The number of sulfonamides is 1. The molecule has 0 fully saturated rings. The summed E-state index contributed by atoms with van der Waals surface area (Å²) in [7, 11) is -3.27. The van der Waals surface area contributed by atoms with Crippen molar-refractivity contribution in [1.29, 1.82) is 0 Å². The van der Waals surface area contributed by atoms with Gasteiger partial charge < -0.3 is 14.0 Å². The van der Waals surface area contributed by atoms with Gasteiger partial charge in [0.05, 0.1) is 25.8 Å². The first-order valence-electron chi connectivity index (χ1n) is 15.1. The predicted molar refractivity (Wildman–Crippen MR) is 172 cm³/mol. The molecular formula is C35H33F3N4O5S. The highest BCUT2D eigenvalue weighted by molar-refractivity contribution is 7.89. The number of alkyl halides is 3. The Bertz CT molecular complexity index is 1920. The SMILES string of the molecule is COC(=O)c1ccc(Cn2cnnc2CN(CCCCc2ccccc2)S(=O)(=O)c2ccc(-c3ccccc3)cc2OC(F)(F)F)cc1. The summed E-state index contributed by atoms with van der Waals surface area (Å²) in [6.45, 7) is -0.0125. The van der Waals surface area contributed by atoms with Gasteiger partial charge in [-0.1, -0.05) is 78.9 Å². The molecule has 13 heteroatoms. The maximum atomic E-state index is 14.3. The van der Waals surface area contributed by atoms with Crippen LogP contribution in [0.25, 0.3) is 11.1 Å². The molecule has 250 valence electrons. The van der Waals surface area contributed by atoms with Crippen molar-refractivity contribution in [1.82, 2.24) is 19.1 Å². The second kappa shape index (κ2) is 15.3. The second-order valence-electron chi connectivity index (χ2n) is 10.9. The van der Waals surface area contributed by atoms with Gasteiger partial charge in [-0.3, -0.25) is 0 Å². The minimum absolute atomic E-state index is 0.00173. The van der Waals surface area contributed by atoms with Crippen molar-refractivity contribution in [3.8, 4) is 16.9 Å². The number of carbonyl (C=O) groups is 1. The van der Waals surface area contributed by atoms with Crippen LogP contribution in [-0.4, -0.2) is 53.5 Å². The van der Waals surface area contributed by atoms with E-state index in [9.17, 15) is 26.4 Å². The number of aryl methyl sites for hydroxylation is 1. The lowest BCUT2D eigenvalue weighted by molar-refractivity contribution is -0.275. The molecule has 0 atom stereocenters. The van der Waals surface area contributed by atoms with Gasteiger partial charge in [0.1, 0.15) is 22.8 Å². The first kappa shape index (κ1) is 34.3. The molecule has 1 heterocycles. The Morgan fingerprint density at radius 3 is 2.21 bits per heavy atom. The Balaban J connectivity index is 1.45. The van der Waals surface area contributed by atoms with Crippen LogP contribution in [-0.2, 0) is 34.3 Å². The van der Waals surface area contributed by atoms with Crippen molar-refractivity contribution in [3.05, 3.63) is 132 Å². The summed E-state index contributed by atoms with van der Waals surface area (Å²) in [4.78, 5) is 11.2. The molecule has 1 aromatic heterocycles. The number of benzene rings is 4. The van der Waals surface area contributed by atoms with E-state index in [2.05, 4.69) is 14.9 Å². The quantitative estimate of drug-likeness (QED) is 0.0931. The van der Waals surface area contributed by atoms with Crippen molar-refractivity contribution >= 4 is 16.0 Å². The largest absolute Gasteiger partial charge is 0.573 e. The van der Waals surface area contributed by atoms with Gasteiger partial charge in [0.25, 0.3) is 0 Å². The smallest absolute Gasteiger partial charge is 0.465 e. The van der Waals surface area contributed by atoms with Crippen molar-refractivity contribution in [3.63, 3.8) is 0 Å². The van der Waals surface area contributed by atoms with Crippen molar-refractivity contribution in [2.45, 2.75) is 43.6 Å². The topological polar surface area (TPSA) is 104 Å². The van der Waals surface area contributed by atoms with Gasteiger partial charge in [-0.2, -0.15) is 4.31 Å². The fourth-order valence-electron chi connectivity index (χ4n) is 5.17. The number of halogens is 3. The van der Waals surface area contributed by atoms with E-state index < -0.39 is 33.0 Å². The number of ether oxygens (including phenoxy) is 2. The Morgan fingerprint density at radius 2 is 1.54 bits per heavy atom. The molecule has 0 aliphatic carbocycles. The van der Waals surface area contributed by atoms with Crippen molar-refractivity contribution in [2.75, 3.05) is 13.7 Å². The summed E-state index contributed by atoms with van der Waals surface area (Å²) in [5, 5.41) is 8.13. The third-order valence-electron chi connectivity index (χ3n) is 7.60. The van der Waals surface area contributed by atoms with Crippen LogP contribution in [0.2, 0.25) is 0 Å². The standard InChI is InChI=1S/C35H33F3N4O5S/c1-46-34(43)29-17-15-27(16-18-29)23-41-25-39-40-33(41)24-42(21-9-8-12-26-10-4-2-5-11-26)48(44,45)32-20-19-30(28-13-6-3-7-14-28)22-31(32)47-35(36,37)38/h2-7,10-11,13-20,22,25H,8-9,12,21,23-24H2,1H3. The first-order valence-corrected chi connectivity index (χ1v) is 16.5. The van der Waals surface area contributed by atoms with Crippen LogP contribution in [0.3, 0.4) is 0 Å². The zero-order valence-corrected chi connectivity index (χ0v) is 26.8. The van der Waals surface area contributed by atoms with Crippen molar-refractivity contribution in [2.24, 2.45) is 0 Å². The van der Waals surface area contributed by atoms with E-state index in [1.807, 2.05) is 30.3 Å². The monoisotopic (exact) mass is 678 g/mol. The van der Waals surface area contributed by atoms with Gasteiger partial charge >= 0.3 is 12.3 Å². The number of methoxy groups -OCH3 is 1. The lowest BCUT2D eigenvalue weighted by Crippen LogP contribution is -2.33. The molecule has 9 nitrogen and oxygen atoms in total. The molecular weight excluding hydrogens is 645 g/mol. The predicted octanol–water partition coefficient (Wildman–Crippen LogP) is 6.89. The summed E-state index contributed by atoms with van der Waals surface area (Å²) >= 11 is 0. The van der Waals surface area contributed by atoms with E-state index in [1.165, 1.54) is 19.5 Å². The fourth-order valence-corrected chi connectivity index (χ4v) is 6.70. The zero-order valence-electron chi connectivity index (χ0n) is 26.0. The number of hydrogen-bond donors (Lipinski definition) is 0. The van der Waals surface area contributed by atoms with Gasteiger partial charge in [-0.25, -0.2) is 13.2 Å². The molecule has 5 aromatic rings. The van der Waals surface area contributed by atoms with Gasteiger partial charge in [-0.05, 0) is 65.8 Å². The van der Waals surface area contributed by atoms with Gasteiger partial charge in [0.15, 0.2) is 0 Å². The maximum Gasteiger partial charge on any atom is 0.573 e. The average Bonchev–Trinajstić information content (AvgIpc) is 3.52. The van der Waals surface area contributed by atoms with E-state index >= 15 is 0 Å². The highest BCUT2D eigenvalue weighted by atomic mass is 32.2. The van der Waals surface area contributed by atoms with E-state index in [1.54, 1.807) is 59.2 Å². The summed E-state index contributed by atoms with van der Waals surface area (Å²) in [6, 6.07) is 28.7. The molecule has 0 unspecified atom stereocenters. The Hall–Kier alpha value is -5.01. The molecule has 48 heavy (non-hydrogen) atoms. The second-order valence-corrected chi connectivity index (χ2v) is 12.8. The van der Waals surface area contributed by atoms with E-state index in [-0.39, 0.29) is 25.5 Å². The van der Waals surface area contributed by atoms with Crippen LogP contribution < -0.4 is 4.74 Å². The molecule has 0 aliphatic rings. The normalized spacial score (nSPS) is 11.9. The van der Waals surface area contributed by atoms with E-state index in [0.717, 1.165) is 27.6 Å². The number of nitrogens with zero attached hydrogens (tertiary/aromatic N) is 4. The van der Waals surface area contributed by atoms with Crippen LogP contribution in [0.1, 0.15) is 40.2 Å². The van der Waals surface area contributed by atoms with Crippen LogP contribution in [0.5, 0.6) is 5.75 Å². The molecule has 0 N–H and O–H groups in total. The lowest BCUT2D eigenvalue weighted by atomic mass is 10.1. The van der Waals surface area contributed by atoms with Gasteiger partial charge in [-0.15, -0.1) is 23.4 Å². The molecule has 5 rings (SSSR count). The van der Waals surface area contributed by atoms with E-state index in [0.29, 0.717) is 36.0 Å². The molecule has 0 saturated carbocycles. The zero-order chi connectivity index (χ0) is 34.1. The third-order valence-corrected chi connectivity index (χ3v) is 9.49. The Labute approximate surface area is 276 Å². The number of hydrogen-bond acceptors (Lipinski definition) is 7. The number of aromatic nitrogens is 3. The molecule has 0 saturated heterocycles. The minimum Gasteiger partial charge on any atom is -0.465 e. The molecule has 0 amide bonds. The number of unbranched alkanes of at least 4 members (excludes halogenated alkanes) is 1. The Kier molecular flexibility index (Phi) is 10.9. The number of carbonyl (C=O) groups excluding carboxylic acids is 1. The van der Waals surface area contributed by atoms with Gasteiger partial charge in [0.2, 0.25) is 10.0 Å². The van der Waals surface area contributed by atoms with E-state index in [4.69, 9.17) is 4.74 Å². The fraction of sp³-hybridized carbons (Fsp3) is 0.229. The molecule has 0 bridgehead atoms. The summed E-state index contributed by atoms with van der Waals surface area (Å²) in [6.07, 6.45) is -1.94. The van der Waals surface area contributed by atoms with Crippen LogP contribution in [0.15, 0.2) is 114 Å². The lowest BCUT2D eigenvalue weighted by Gasteiger charge is -2.24. The highest BCUT2D eigenvalue weighted by Gasteiger charge is 2.36. The molecule has 0 spiro atoms. The third kappa shape index (κ3) is 8.87. The average molecular weight is 679 g/mol. The van der Waals surface area contributed by atoms with Crippen LogP contribution in [0.4, 0.5) is 13.2 Å². The van der Waals surface area contributed by atoms with Crippen LogP contribution >= 0.6 is 0 Å². The molecule has 0 radical (unpaired) electrons. The Morgan fingerprint density at radius 1 is 0.854 bits per heavy atom. The summed E-state index contributed by atoms with van der Waals surface area (Å²) < 4.78 is 81.2. The van der Waals surface area contributed by atoms with Crippen LogP contribution in [0, 0.1) is 0 Å². The molecule has 0 aliphatic heterocycles. The number of esters is 1. The first-order chi connectivity index (χ1) is 23.0. The number of rotatable bonds is 14. The molecule has 4 aromatic carbocycles. The highest BCUT2D eigenvalue weighted by Crippen LogP contribution is 2.36. The van der Waals surface area contributed by atoms with Gasteiger partial charge in [0, 0.05) is 6.54 Å². The van der Waals surface area contributed by atoms with Crippen molar-refractivity contribution < 1.29 is 35.9 Å². The summed E-state index contributed by atoms with van der Waals surface area (Å²) in [5.74, 6) is -1.03. The minimum atomic E-state index is -5.14. The summed E-state index contributed by atoms with van der Waals surface area (Å²) in [5.41, 5.74) is 3.19. The maximum absolute atomic E-state index is 14.3.